The molecule has 0 aliphatic carbocycles. The number of likely N-dealkylation sites (N-methyl/N-ethyl adjacent to an activating group) is 1. The second-order valence-corrected chi connectivity index (χ2v) is 6.95. The molecule has 29 heavy (non-hydrogen) atoms. The van der Waals surface area contributed by atoms with E-state index < -0.39 is 6.04 Å². The number of carbonyl (C=O) groups is 2. The van der Waals surface area contributed by atoms with Crippen molar-refractivity contribution in [3.8, 4) is 0 Å². The summed E-state index contributed by atoms with van der Waals surface area (Å²) in [7, 11) is 1.71. The van der Waals surface area contributed by atoms with Crippen LogP contribution in [0.2, 0.25) is 0 Å². The van der Waals surface area contributed by atoms with Crippen LogP contribution >= 0.6 is 0 Å². The second kappa shape index (κ2) is 9.14. The van der Waals surface area contributed by atoms with Gasteiger partial charge in [0.15, 0.2) is 0 Å². The maximum Gasteiger partial charge on any atom is 0.253 e. The van der Waals surface area contributed by atoms with E-state index in [4.69, 9.17) is 4.52 Å². The summed E-state index contributed by atoms with van der Waals surface area (Å²) in [6, 6.07) is 12.2. The summed E-state index contributed by atoms with van der Waals surface area (Å²) in [4.78, 5) is 31.4. The largest absolute Gasteiger partial charge is 0.361 e. The van der Waals surface area contributed by atoms with Gasteiger partial charge in [0.05, 0.1) is 17.8 Å². The smallest absolute Gasteiger partial charge is 0.253 e. The lowest BCUT2D eigenvalue weighted by Gasteiger charge is -2.25. The number of amides is 2. The van der Waals surface area contributed by atoms with Crippen molar-refractivity contribution in [2.24, 2.45) is 0 Å². The summed E-state index contributed by atoms with van der Waals surface area (Å²) >= 11 is 0. The van der Waals surface area contributed by atoms with Crippen LogP contribution in [0.3, 0.4) is 0 Å². The summed E-state index contributed by atoms with van der Waals surface area (Å²) in [5, 5.41) is 6.80. The zero-order valence-electron chi connectivity index (χ0n) is 16.8. The van der Waals surface area contributed by atoms with E-state index in [1.54, 1.807) is 30.3 Å². The van der Waals surface area contributed by atoms with Gasteiger partial charge in [-0.25, -0.2) is 0 Å². The standard InChI is InChI=1S/C22H24N4O3/c1-15-19(16(2)29-25-15)14-26(3)22(28)20(12-17-8-5-4-6-9-17)24-21(27)18-10-7-11-23-13-18/h4-11,13,20H,12,14H2,1-3H3,(H,24,27). The lowest BCUT2D eigenvalue weighted by atomic mass is 10.0. The van der Waals surface area contributed by atoms with Gasteiger partial charge in [-0.1, -0.05) is 35.5 Å². The molecular weight excluding hydrogens is 368 g/mol. The van der Waals surface area contributed by atoms with Gasteiger partial charge in [0.25, 0.3) is 5.91 Å². The first-order chi connectivity index (χ1) is 14.0. The van der Waals surface area contributed by atoms with Crippen molar-refractivity contribution in [3.63, 3.8) is 0 Å². The zero-order chi connectivity index (χ0) is 20.8. The van der Waals surface area contributed by atoms with E-state index >= 15 is 0 Å². The minimum atomic E-state index is -0.712. The minimum Gasteiger partial charge on any atom is -0.361 e. The summed E-state index contributed by atoms with van der Waals surface area (Å²) in [6.07, 6.45) is 3.46. The fraction of sp³-hybridized carbons (Fsp3) is 0.273. The quantitative estimate of drug-likeness (QED) is 0.668. The lowest BCUT2D eigenvalue weighted by Crippen LogP contribution is -2.48. The van der Waals surface area contributed by atoms with Crippen LogP contribution in [0.1, 0.15) is 32.9 Å². The Morgan fingerprint density at radius 1 is 1.14 bits per heavy atom. The fourth-order valence-electron chi connectivity index (χ4n) is 3.10. The van der Waals surface area contributed by atoms with Gasteiger partial charge in [-0.2, -0.15) is 0 Å². The molecule has 0 saturated carbocycles. The number of rotatable bonds is 7. The molecule has 0 saturated heterocycles. The first-order valence-electron chi connectivity index (χ1n) is 9.37. The molecule has 7 heteroatoms. The van der Waals surface area contributed by atoms with Gasteiger partial charge < -0.3 is 14.7 Å². The number of aryl methyl sites for hydroxylation is 2. The van der Waals surface area contributed by atoms with Crippen molar-refractivity contribution >= 4 is 11.8 Å². The molecule has 2 aromatic heterocycles. The van der Waals surface area contributed by atoms with Crippen molar-refractivity contribution in [2.75, 3.05) is 7.05 Å². The molecule has 3 rings (SSSR count). The predicted octanol–water partition coefficient (Wildman–Crippen LogP) is 2.69. The van der Waals surface area contributed by atoms with Crippen LogP contribution in [0.5, 0.6) is 0 Å². The molecule has 1 N–H and O–H groups in total. The van der Waals surface area contributed by atoms with Crippen LogP contribution in [-0.2, 0) is 17.8 Å². The minimum absolute atomic E-state index is 0.189. The van der Waals surface area contributed by atoms with Gasteiger partial charge in [0, 0.05) is 31.4 Å². The van der Waals surface area contributed by atoms with E-state index in [-0.39, 0.29) is 11.8 Å². The number of carbonyl (C=O) groups excluding carboxylic acids is 2. The van der Waals surface area contributed by atoms with Crippen molar-refractivity contribution in [3.05, 3.63) is 83.0 Å². The molecule has 1 atom stereocenters. The fourth-order valence-corrected chi connectivity index (χ4v) is 3.10. The molecule has 0 radical (unpaired) electrons. The van der Waals surface area contributed by atoms with Gasteiger partial charge in [0.2, 0.25) is 5.91 Å². The van der Waals surface area contributed by atoms with Gasteiger partial charge in [0.1, 0.15) is 11.8 Å². The Morgan fingerprint density at radius 2 is 1.90 bits per heavy atom. The number of hydrogen-bond donors (Lipinski definition) is 1. The molecule has 0 aliphatic rings. The average Bonchev–Trinajstić information content (AvgIpc) is 3.06. The molecule has 150 valence electrons. The molecule has 0 spiro atoms. The van der Waals surface area contributed by atoms with Crippen LogP contribution < -0.4 is 5.32 Å². The monoisotopic (exact) mass is 392 g/mol. The second-order valence-electron chi connectivity index (χ2n) is 6.95. The van der Waals surface area contributed by atoms with Crippen molar-refractivity contribution in [1.82, 2.24) is 20.4 Å². The van der Waals surface area contributed by atoms with E-state index in [0.29, 0.717) is 24.3 Å². The highest BCUT2D eigenvalue weighted by molar-refractivity contribution is 5.97. The number of pyridine rings is 1. The summed E-state index contributed by atoms with van der Waals surface area (Å²) in [6.45, 7) is 4.02. The first-order valence-corrected chi connectivity index (χ1v) is 9.37. The van der Waals surface area contributed by atoms with Crippen molar-refractivity contribution in [1.29, 1.82) is 0 Å². The normalized spacial score (nSPS) is 11.7. The van der Waals surface area contributed by atoms with Crippen molar-refractivity contribution < 1.29 is 14.1 Å². The zero-order valence-corrected chi connectivity index (χ0v) is 16.8. The third-order valence-corrected chi connectivity index (χ3v) is 4.76. The maximum atomic E-state index is 13.2. The van der Waals surface area contributed by atoms with Crippen LogP contribution in [0, 0.1) is 13.8 Å². The van der Waals surface area contributed by atoms with Gasteiger partial charge in [-0.3, -0.25) is 14.6 Å². The molecule has 7 nitrogen and oxygen atoms in total. The predicted molar refractivity (Wildman–Crippen MR) is 108 cm³/mol. The number of hydrogen-bond acceptors (Lipinski definition) is 5. The van der Waals surface area contributed by atoms with Crippen LogP contribution in [0.15, 0.2) is 59.4 Å². The Hall–Kier alpha value is -3.48. The maximum absolute atomic E-state index is 13.2. The number of aromatic nitrogens is 2. The Bertz CT molecular complexity index is 951. The highest BCUT2D eigenvalue weighted by Crippen LogP contribution is 2.15. The molecule has 0 bridgehead atoms. The lowest BCUT2D eigenvalue weighted by molar-refractivity contribution is -0.132. The average molecular weight is 392 g/mol. The molecule has 2 amide bonds. The van der Waals surface area contributed by atoms with E-state index in [2.05, 4.69) is 15.5 Å². The number of nitrogens with zero attached hydrogens (tertiary/aromatic N) is 3. The Balaban J connectivity index is 1.79. The van der Waals surface area contributed by atoms with Gasteiger partial charge >= 0.3 is 0 Å². The summed E-state index contributed by atoms with van der Waals surface area (Å²) in [5.74, 6) is 0.158. The summed E-state index contributed by atoms with van der Waals surface area (Å²) in [5.41, 5.74) is 2.99. The van der Waals surface area contributed by atoms with E-state index in [0.717, 1.165) is 16.8 Å². The molecule has 0 fully saturated rings. The van der Waals surface area contributed by atoms with Crippen LogP contribution in [0.25, 0.3) is 0 Å². The Labute approximate surface area is 169 Å². The molecule has 3 aromatic rings. The third-order valence-electron chi connectivity index (χ3n) is 4.76. The Morgan fingerprint density at radius 3 is 2.52 bits per heavy atom. The highest BCUT2D eigenvalue weighted by Gasteiger charge is 2.26. The number of nitrogens with one attached hydrogen (secondary N) is 1. The number of benzene rings is 1. The van der Waals surface area contributed by atoms with Crippen LogP contribution in [0.4, 0.5) is 0 Å². The topological polar surface area (TPSA) is 88.3 Å². The molecule has 1 unspecified atom stereocenters. The van der Waals surface area contributed by atoms with Crippen LogP contribution in [-0.4, -0.2) is 39.9 Å². The first kappa shape index (κ1) is 20.3. The van der Waals surface area contributed by atoms with E-state index in [9.17, 15) is 9.59 Å². The summed E-state index contributed by atoms with van der Waals surface area (Å²) < 4.78 is 5.19. The molecular formula is C22H24N4O3. The SMILES string of the molecule is Cc1noc(C)c1CN(C)C(=O)C(Cc1ccccc1)NC(=O)c1cccnc1. The van der Waals surface area contributed by atoms with Gasteiger partial charge in [-0.05, 0) is 31.5 Å². The highest BCUT2D eigenvalue weighted by atomic mass is 16.5. The van der Waals surface area contributed by atoms with Crippen molar-refractivity contribution in [2.45, 2.75) is 32.9 Å². The van der Waals surface area contributed by atoms with Gasteiger partial charge in [-0.15, -0.1) is 0 Å². The molecule has 0 aliphatic heterocycles. The Kier molecular flexibility index (Phi) is 6.39. The third kappa shape index (κ3) is 5.07. The molecule has 2 heterocycles. The molecule has 1 aromatic carbocycles. The van der Waals surface area contributed by atoms with E-state index in [1.165, 1.54) is 6.20 Å². The van der Waals surface area contributed by atoms with E-state index in [1.807, 2.05) is 44.2 Å².